The largest absolute Gasteiger partial charge is 0.387 e. The summed E-state index contributed by atoms with van der Waals surface area (Å²) in [4.78, 5) is 16.4. The molecular weight excluding hydrogens is 276 g/mol. The molecule has 22 heavy (non-hydrogen) atoms. The quantitative estimate of drug-likeness (QED) is 0.906. The molecule has 122 valence electrons. The molecule has 1 fully saturated rings. The van der Waals surface area contributed by atoms with Crippen LogP contribution in [0.25, 0.3) is 0 Å². The summed E-state index contributed by atoms with van der Waals surface area (Å²) in [6.07, 6.45) is 3.76. The Morgan fingerprint density at radius 2 is 2.00 bits per heavy atom. The summed E-state index contributed by atoms with van der Waals surface area (Å²) in [5.41, 5.74) is 1.19. The van der Waals surface area contributed by atoms with Crippen LogP contribution in [0.4, 0.5) is 0 Å². The minimum absolute atomic E-state index is 0.0277. The second kappa shape index (κ2) is 7.25. The Hall–Kier alpha value is -1.39. The van der Waals surface area contributed by atoms with Crippen LogP contribution in [-0.2, 0) is 6.42 Å². The minimum atomic E-state index is -0.792. The molecule has 1 atom stereocenters. The van der Waals surface area contributed by atoms with Crippen molar-refractivity contribution in [2.24, 2.45) is 0 Å². The summed E-state index contributed by atoms with van der Waals surface area (Å²) < 4.78 is 0. The van der Waals surface area contributed by atoms with E-state index < -0.39 is 5.60 Å². The number of β-amino-alcohol motifs (C(OH)–C–C–N with tert-alkyl or cyclic N) is 1. The number of rotatable bonds is 5. The highest BCUT2D eigenvalue weighted by Gasteiger charge is 2.35. The molecule has 0 spiro atoms. The number of benzene rings is 1. The topological polar surface area (TPSA) is 43.8 Å². The Bertz CT molecular complexity index is 498. The molecule has 1 heterocycles. The average molecular weight is 304 g/mol. The van der Waals surface area contributed by atoms with Crippen LogP contribution in [0, 0.1) is 0 Å². The Labute approximate surface area is 133 Å². The molecular formula is C18H28N2O2. The van der Waals surface area contributed by atoms with Gasteiger partial charge < -0.3 is 14.9 Å². The van der Waals surface area contributed by atoms with E-state index in [-0.39, 0.29) is 5.91 Å². The van der Waals surface area contributed by atoms with Crippen molar-refractivity contribution in [3.05, 3.63) is 35.4 Å². The normalized spacial score (nSPS) is 22.1. The van der Waals surface area contributed by atoms with Gasteiger partial charge in [-0.05, 0) is 51.1 Å². The SMILES string of the molecule is CCCc1ccc(C(=O)N2CCC[C@@](O)(CN(C)C)C2)cc1. The van der Waals surface area contributed by atoms with E-state index in [4.69, 9.17) is 0 Å². The van der Waals surface area contributed by atoms with E-state index >= 15 is 0 Å². The molecule has 1 aromatic carbocycles. The van der Waals surface area contributed by atoms with Gasteiger partial charge in [0.2, 0.25) is 0 Å². The van der Waals surface area contributed by atoms with Gasteiger partial charge in [0.15, 0.2) is 0 Å². The first-order chi connectivity index (χ1) is 10.4. The van der Waals surface area contributed by atoms with E-state index in [0.29, 0.717) is 18.7 Å². The first-order valence-electron chi connectivity index (χ1n) is 8.19. The minimum Gasteiger partial charge on any atom is -0.387 e. The Morgan fingerprint density at radius 3 is 2.59 bits per heavy atom. The number of hydrogen-bond donors (Lipinski definition) is 1. The number of likely N-dealkylation sites (tertiary alicyclic amines) is 1. The van der Waals surface area contributed by atoms with Gasteiger partial charge in [0.25, 0.3) is 5.91 Å². The van der Waals surface area contributed by atoms with Crippen molar-refractivity contribution in [1.82, 2.24) is 9.80 Å². The molecule has 0 radical (unpaired) electrons. The van der Waals surface area contributed by atoms with Gasteiger partial charge in [0.1, 0.15) is 0 Å². The number of amides is 1. The number of hydrogen-bond acceptors (Lipinski definition) is 3. The van der Waals surface area contributed by atoms with Gasteiger partial charge >= 0.3 is 0 Å². The highest BCUT2D eigenvalue weighted by Crippen LogP contribution is 2.23. The molecule has 1 N–H and O–H groups in total. The maximum Gasteiger partial charge on any atom is 0.253 e. The van der Waals surface area contributed by atoms with Crippen molar-refractivity contribution in [2.45, 2.75) is 38.2 Å². The van der Waals surface area contributed by atoms with E-state index in [0.717, 1.165) is 32.2 Å². The Balaban J connectivity index is 2.05. The molecule has 1 amide bonds. The van der Waals surface area contributed by atoms with Crippen molar-refractivity contribution >= 4 is 5.91 Å². The third-order valence-electron chi connectivity index (χ3n) is 4.19. The molecule has 1 saturated heterocycles. The molecule has 1 aliphatic heterocycles. The first kappa shape index (κ1) is 17.0. The maximum atomic E-state index is 12.6. The number of carbonyl (C=O) groups is 1. The van der Waals surface area contributed by atoms with Crippen LogP contribution in [-0.4, -0.2) is 60.1 Å². The lowest BCUT2D eigenvalue weighted by molar-refractivity contribution is -0.0391. The number of aliphatic hydroxyl groups is 1. The second-order valence-electron chi connectivity index (χ2n) is 6.74. The van der Waals surface area contributed by atoms with Crippen LogP contribution in [0.1, 0.15) is 42.1 Å². The molecule has 0 unspecified atom stereocenters. The molecule has 0 saturated carbocycles. The van der Waals surface area contributed by atoms with Crippen molar-refractivity contribution in [3.63, 3.8) is 0 Å². The van der Waals surface area contributed by atoms with Crippen LogP contribution in [0.15, 0.2) is 24.3 Å². The lowest BCUT2D eigenvalue weighted by Gasteiger charge is -2.40. The van der Waals surface area contributed by atoms with Gasteiger partial charge in [-0.2, -0.15) is 0 Å². The fourth-order valence-electron chi connectivity index (χ4n) is 3.29. The monoisotopic (exact) mass is 304 g/mol. The number of nitrogens with zero attached hydrogens (tertiary/aromatic N) is 2. The molecule has 0 aliphatic carbocycles. The van der Waals surface area contributed by atoms with E-state index in [9.17, 15) is 9.90 Å². The summed E-state index contributed by atoms with van der Waals surface area (Å²) in [6.45, 7) is 3.89. The number of carbonyl (C=O) groups excluding carboxylic acids is 1. The molecule has 0 bridgehead atoms. The van der Waals surface area contributed by atoms with Crippen molar-refractivity contribution in [2.75, 3.05) is 33.7 Å². The standard InChI is InChI=1S/C18H28N2O2/c1-4-6-15-7-9-16(10-8-15)17(21)20-12-5-11-18(22,14-20)13-19(2)3/h7-10,22H,4-6,11-14H2,1-3H3/t18-/m1/s1. The molecule has 4 heteroatoms. The fraction of sp³-hybridized carbons (Fsp3) is 0.611. The zero-order chi connectivity index (χ0) is 16.2. The first-order valence-corrected chi connectivity index (χ1v) is 8.19. The van der Waals surface area contributed by atoms with Gasteiger partial charge in [-0.15, -0.1) is 0 Å². The Morgan fingerprint density at radius 1 is 1.32 bits per heavy atom. The summed E-state index contributed by atoms with van der Waals surface area (Å²) in [5.74, 6) is 0.0277. The summed E-state index contributed by atoms with van der Waals surface area (Å²) in [7, 11) is 3.90. The third-order valence-corrected chi connectivity index (χ3v) is 4.19. The second-order valence-corrected chi connectivity index (χ2v) is 6.74. The molecule has 1 aromatic rings. The van der Waals surface area contributed by atoms with Gasteiger partial charge in [0, 0.05) is 18.7 Å². The highest BCUT2D eigenvalue weighted by molar-refractivity contribution is 5.94. The van der Waals surface area contributed by atoms with E-state index in [1.807, 2.05) is 43.3 Å². The van der Waals surface area contributed by atoms with Crippen LogP contribution in [0.3, 0.4) is 0 Å². The fourth-order valence-corrected chi connectivity index (χ4v) is 3.29. The lowest BCUT2D eigenvalue weighted by Crippen LogP contribution is -2.54. The third kappa shape index (κ3) is 4.31. The number of aryl methyl sites for hydroxylation is 1. The average Bonchev–Trinajstić information content (AvgIpc) is 2.46. The number of likely N-dealkylation sites (N-methyl/N-ethyl adjacent to an activating group) is 1. The maximum absolute atomic E-state index is 12.6. The molecule has 0 aromatic heterocycles. The zero-order valence-electron chi connectivity index (χ0n) is 14.0. The molecule has 4 nitrogen and oxygen atoms in total. The van der Waals surface area contributed by atoms with Crippen molar-refractivity contribution in [3.8, 4) is 0 Å². The summed E-state index contributed by atoms with van der Waals surface area (Å²) in [6, 6.07) is 7.89. The Kier molecular flexibility index (Phi) is 5.59. The summed E-state index contributed by atoms with van der Waals surface area (Å²) >= 11 is 0. The van der Waals surface area contributed by atoms with Crippen molar-refractivity contribution < 1.29 is 9.90 Å². The van der Waals surface area contributed by atoms with E-state index in [2.05, 4.69) is 6.92 Å². The lowest BCUT2D eigenvalue weighted by atomic mass is 9.92. The predicted molar refractivity (Wildman–Crippen MR) is 89.1 cm³/mol. The molecule has 2 rings (SSSR count). The van der Waals surface area contributed by atoms with Crippen molar-refractivity contribution in [1.29, 1.82) is 0 Å². The van der Waals surface area contributed by atoms with E-state index in [1.165, 1.54) is 5.56 Å². The number of piperidine rings is 1. The van der Waals surface area contributed by atoms with Crippen LogP contribution in [0.5, 0.6) is 0 Å². The van der Waals surface area contributed by atoms with Crippen LogP contribution >= 0.6 is 0 Å². The van der Waals surface area contributed by atoms with Gasteiger partial charge in [-0.25, -0.2) is 0 Å². The van der Waals surface area contributed by atoms with Crippen LogP contribution < -0.4 is 0 Å². The van der Waals surface area contributed by atoms with Gasteiger partial charge in [-0.1, -0.05) is 25.5 Å². The predicted octanol–water partition coefficient (Wildman–Crippen LogP) is 2.17. The molecule has 1 aliphatic rings. The van der Waals surface area contributed by atoms with Gasteiger partial charge in [0.05, 0.1) is 12.1 Å². The van der Waals surface area contributed by atoms with Gasteiger partial charge in [-0.3, -0.25) is 4.79 Å². The summed E-state index contributed by atoms with van der Waals surface area (Å²) in [5, 5.41) is 10.7. The van der Waals surface area contributed by atoms with Crippen LogP contribution in [0.2, 0.25) is 0 Å². The van der Waals surface area contributed by atoms with E-state index in [1.54, 1.807) is 4.90 Å². The zero-order valence-corrected chi connectivity index (χ0v) is 14.0. The highest BCUT2D eigenvalue weighted by atomic mass is 16.3. The smallest absolute Gasteiger partial charge is 0.253 e.